The zero-order valence-corrected chi connectivity index (χ0v) is 19.8. The van der Waals surface area contributed by atoms with Gasteiger partial charge in [-0.15, -0.1) is 0 Å². The van der Waals surface area contributed by atoms with Crippen molar-refractivity contribution in [2.24, 2.45) is 0 Å². The predicted octanol–water partition coefficient (Wildman–Crippen LogP) is 4.70. The predicted molar refractivity (Wildman–Crippen MR) is 126 cm³/mol. The van der Waals surface area contributed by atoms with Gasteiger partial charge in [-0.25, -0.2) is 9.59 Å². The van der Waals surface area contributed by atoms with Gasteiger partial charge in [0.2, 0.25) is 5.91 Å². The molecule has 0 aliphatic heterocycles. The van der Waals surface area contributed by atoms with E-state index in [-0.39, 0.29) is 25.4 Å². The number of carboxylic acids is 1. The Labute approximate surface area is 200 Å². The van der Waals surface area contributed by atoms with Crippen LogP contribution in [0.25, 0.3) is 0 Å². The molecule has 32 heavy (non-hydrogen) atoms. The molecule has 0 radical (unpaired) electrons. The summed E-state index contributed by atoms with van der Waals surface area (Å²) in [6, 6.07) is 13.5. The lowest BCUT2D eigenvalue weighted by molar-refractivity contribution is -0.141. The molecule has 0 heterocycles. The summed E-state index contributed by atoms with van der Waals surface area (Å²) in [5, 5.41) is 15.2. The standard InChI is InChI=1S/C23H26BrClN2O5/c24-19-11-10-18(25)13-17(19)14-20(22(29)30)27-21(28)9-5-2-6-12-26-23(31)32-15-16-7-3-1-4-8-16/h1,3-4,7-8,10-11,13,20H,2,5-6,9,12,14-15H2,(H,26,31)(H,27,28)(H,29,30)/t20-/m1/s1. The topological polar surface area (TPSA) is 105 Å². The highest BCUT2D eigenvalue weighted by Crippen LogP contribution is 2.22. The van der Waals surface area contributed by atoms with E-state index in [0.717, 1.165) is 10.0 Å². The molecule has 2 rings (SSSR count). The smallest absolute Gasteiger partial charge is 0.407 e. The average Bonchev–Trinajstić information content (AvgIpc) is 2.77. The van der Waals surface area contributed by atoms with E-state index in [4.69, 9.17) is 16.3 Å². The maximum Gasteiger partial charge on any atom is 0.407 e. The van der Waals surface area contributed by atoms with Gasteiger partial charge in [0.1, 0.15) is 12.6 Å². The number of carbonyl (C=O) groups excluding carboxylic acids is 2. The molecule has 0 spiro atoms. The molecule has 172 valence electrons. The first-order chi connectivity index (χ1) is 15.3. The van der Waals surface area contributed by atoms with Crippen molar-refractivity contribution in [1.82, 2.24) is 10.6 Å². The number of hydrogen-bond donors (Lipinski definition) is 3. The van der Waals surface area contributed by atoms with Gasteiger partial charge in [0.05, 0.1) is 0 Å². The lowest BCUT2D eigenvalue weighted by atomic mass is 10.1. The van der Waals surface area contributed by atoms with Crippen LogP contribution < -0.4 is 10.6 Å². The van der Waals surface area contributed by atoms with E-state index in [1.807, 2.05) is 30.3 Å². The molecule has 0 aromatic heterocycles. The number of alkyl carbamates (subject to hydrolysis) is 1. The van der Waals surface area contributed by atoms with Crippen molar-refractivity contribution in [2.75, 3.05) is 6.54 Å². The third-order valence-electron chi connectivity index (χ3n) is 4.63. The molecule has 7 nitrogen and oxygen atoms in total. The molecule has 3 N–H and O–H groups in total. The van der Waals surface area contributed by atoms with E-state index in [0.29, 0.717) is 36.4 Å². The SMILES string of the molecule is O=C(CCCCCNC(=O)OCc1ccccc1)N[C@H](Cc1cc(Cl)ccc1Br)C(=O)O. The third-order valence-corrected chi connectivity index (χ3v) is 5.64. The largest absolute Gasteiger partial charge is 0.480 e. The van der Waals surface area contributed by atoms with E-state index in [2.05, 4.69) is 26.6 Å². The van der Waals surface area contributed by atoms with E-state index < -0.39 is 18.1 Å². The van der Waals surface area contributed by atoms with Gasteiger partial charge in [-0.3, -0.25) is 4.79 Å². The summed E-state index contributed by atoms with van der Waals surface area (Å²) >= 11 is 9.34. The van der Waals surface area contributed by atoms with Crippen molar-refractivity contribution < 1.29 is 24.2 Å². The van der Waals surface area contributed by atoms with Crippen molar-refractivity contribution in [3.8, 4) is 0 Å². The number of halogens is 2. The number of carboxylic acid groups (broad SMARTS) is 1. The van der Waals surface area contributed by atoms with Gasteiger partial charge >= 0.3 is 12.1 Å². The van der Waals surface area contributed by atoms with Crippen molar-refractivity contribution in [3.63, 3.8) is 0 Å². The third kappa shape index (κ3) is 9.70. The molecule has 2 amide bonds. The van der Waals surface area contributed by atoms with Crippen molar-refractivity contribution >= 4 is 45.5 Å². The summed E-state index contributed by atoms with van der Waals surface area (Å²) in [5.41, 5.74) is 1.62. The van der Waals surface area contributed by atoms with Gasteiger partial charge in [0, 0.05) is 28.9 Å². The number of aliphatic carboxylic acids is 1. The van der Waals surface area contributed by atoms with E-state index >= 15 is 0 Å². The fourth-order valence-corrected chi connectivity index (χ4v) is 3.54. The van der Waals surface area contributed by atoms with Crippen LogP contribution in [0.1, 0.15) is 36.8 Å². The molecule has 1 atom stereocenters. The molecule has 0 bridgehead atoms. The Bertz CT molecular complexity index is 911. The lowest BCUT2D eigenvalue weighted by Crippen LogP contribution is -2.42. The molecule has 0 saturated heterocycles. The van der Waals surface area contributed by atoms with Crippen LogP contribution in [0.5, 0.6) is 0 Å². The Balaban J connectivity index is 1.61. The van der Waals surface area contributed by atoms with Crippen LogP contribution in [0.15, 0.2) is 53.0 Å². The van der Waals surface area contributed by atoms with Crippen LogP contribution in [-0.2, 0) is 27.4 Å². The number of rotatable bonds is 12. The van der Waals surface area contributed by atoms with Gasteiger partial charge in [-0.1, -0.05) is 64.3 Å². The molecule has 0 saturated carbocycles. The van der Waals surface area contributed by atoms with E-state index in [1.165, 1.54) is 0 Å². The zero-order valence-electron chi connectivity index (χ0n) is 17.5. The Morgan fingerprint density at radius 1 is 1.06 bits per heavy atom. The molecule has 9 heteroatoms. The van der Waals surface area contributed by atoms with Crippen LogP contribution in [0.3, 0.4) is 0 Å². The van der Waals surface area contributed by atoms with Crippen LogP contribution in [-0.4, -0.2) is 35.7 Å². The Hall–Kier alpha value is -2.58. The van der Waals surface area contributed by atoms with Crippen LogP contribution in [0, 0.1) is 0 Å². The maximum absolute atomic E-state index is 12.2. The minimum atomic E-state index is -1.11. The van der Waals surface area contributed by atoms with Crippen LogP contribution >= 0.6 is 27.5 Å². The molecule has 2 aromatic rings. The normalized spacial score (nSPS) is 11.4. The van der Waals surface area contributed by atoms with Gasteiger partial charge in [-0.05, 0) is 42.2 Å². The Morgan fingerprint density at radius 2 is 1.81 bits per heavy atom. The zero-order chi connectivity index (χ0) is 23.3. The number of ether oxygens (including phenoxy) is 1. The quantitative estimate of drug-likeness (QED) is 0.348. The summed E-state index contributed by atoms with van der Waals surface area (Å²) in [6.07, 6.45) is 1.83. The molecule has 0 aliphatic rings. The molecule has 2 aromatic carbocycles. The number of unbranched alkanes of at least 4 members (excludes halogenated alkanes) is 2. The van der Waals surface area contributed by atoms with Crippen molar-refractivity contribution in [2.45, 2.75) is 44.8 Å². The molecular weight excluding hydrogens is 500 g/mol. The molecule has 0 fully saturated rings. The second-order valence-corrected chi connectivity index (χ2v) is 8.49. The first-order valence-electron chi connectivity index (χ1n) is 10.3. The number of nitrogens with one attached hydrogen (secondary N) is 2. The minimum Gasteiger partial charge on any atom is -0.480 e. The first-order valence-corrected chi connectivity index (χ1v) is 11.4. The second-order valence-electron chi connectivity index (χ2n) is 7.20. The first kappa shape index (κ1) is 25.7. The average molecular weight is 526 g/mol. The maximum atomic E-state index is 12.2. The second kappa shape index (κ2) is 13.8. The van der Waals surface area contributed by atoms with Crippen molar-refractivity contribution in [1.29, 1.82) is 0 Å². The Kier molecular flexibility index (Phi) is 11.0. The van der Waals surface area contributed by atoms with E-state index in [1.54, 1.807) is 18.2 Å². The summed E-state index contributed by atoms with van der Waals surface area (Å²) in [4.78, 5) is 35.4. The highest BCUT2D eigenvalue weighted by atomic mass is 79.9. The summed E-state index contributed by atoms with van der Waals surface area (Å²) in [5.74, 6) is -1.44. The van der Waals surface area contributed by atoms with Gasteiger partial charge in [0.15, 0.2) is 0 Å². The van der Waals surface area contributed by atoms with Gasteiger partial charge < -0.3 is 20.5 Å². The number of carbonyl (C=O) groups is 3. The summed E-state index contributed by atoms with van der Waals surface area (Å²) in [7, 11) is 0. The minimum absolute atomic E-state index is 0.122. The fourth-order valence-electron chi connectivity index (χ4n) is 2.94. The summed E-state index contributed by atoms with van der Waals surface area (Å²) in [6.45, 7) is 0.652. The Morgan fingerprint density at radius 3 is 2.53 bits per heavy atom. The van der Waals surface area contributed by atoms with E-state index in [9.17, 15) is 19.5 Å². The highest BCUT2D eigenvalue weighted by Gasteiger charge is 2.21. The highest BCUT2D eigenvalue weighted by molar-refractivity contribution is 9.10. The molecular formula is C23H26BrClN2O5. The number of hydrogen-bond acceptors (Lipinski definition) is 4. The lowest BCUT2D eigenvalue weighted by Gasteiger charge is -2.16. The number of amides is 2. The number of benzene rings is 2. The van der Waals surface area contributed by atoms with Gasteiger partial charge in [-0.2, -0.15) is 0 Å². The van der Waals surface area contributed by atoms with Crippen LogP contribution in [0.2, 0.25) is 5.02 Å². The summed E-state index contributed by atoms with van der Waals surface area (Å²) < 4.78 is 5.86. The van der Waals surface area contributed by atoms with Crippen molar-refractivity contribution in [3.05, 3.63) is 69.2 Å². The fraction of sp³-hybridized carbons (Fsp3) is 0.348. The molecule has 0 unspecified atom stereocenters. The van der Waals surface area contributed by atoms with Gasteiger partial charge in [0.25, 0.3) is 0 Å². The monoisotopic (exact) mass is 524 g/mol. The molecule has 0 aliphatic carbocycles. The van der Waals surface area contributed by atoms with Crippen LogP contribution in [0.4, 0.5) is 4.79 Å².